The molecule has 1 saturated heterocycles. The molecule has 172 valence electrons. The van der Waals surface area contributed by atoms with Crippen LogP contribution in [0, 0.1) is 6.92 Å². The van der Waals surface area contributed by atoms with Crippen LogP contribution in [0.5, 0.6) is 5.75 Å². The molecule has 0 bridgehead atoms. The third kappa shape index (κ3) is 4.77. The quantitative estimate of drug-likeness (QED) is 0.528. The number of nitrogens with zero attached hydrogens (tertiary/aromatic N) is 3. The zero-order chi connectivity index (χ0) is 23.5. The molecule has 0 radical (unpaired) electrons. The normalized spacial score (nSPS) is 14.1. The van der Waals surface area contributed by atoms with Crippen molar-refractivity contribution in [3.63, 3.8) is 0 Å². The van der Waals surface area contributed by atoms with Gasteiger partial charge in [0, 0.05) is 37.4 Å². The van der Waals surface area contributed by atoms with Gasteiger partial charge < -0.3 is 25.0 Å². The van der Waals surface area contributed by atoms with Crippen LogP contribution in [0.15, 0.2) is 40.0 Å². The maximum atomic E-state index is 12.8. The van der Waals surface area contributed by atoms with Crippen LogP contribution in [-0.4, -0.2) is 50.9 Å². The lowest BCUT2D eigenvalue weighted by Gasteiger charge is -2.23. The van der Waals surface area contributed by atoms with Crippen molar-refractivity contribution in [3.8, 4) is 17.1 Å². The second-order valence-electron chi connectivity index (χ2n) is 7.81. The lowest BCUT2D eigenvalue weighted by atomic mass is 10.0. The second kappa shape index (κ2) is 9.25. The van der Waals surface area contributed by atoms with Crippen molar-refractivity contribution >= 4 is 17.5 Å². The Hall–Kier alpha value is -3.99. The van der Waals surface area contributed by atoms with Crippen molar-refractivity contribution in [2.75, 3.05) is 18.5 Å². The molecule has 33 heavy (non-hydrogen) atoms. The van der Waals surface area contributed by atoms with Crippen LogP contribution in [0.4, 0.5) is 5.69 Å². The SMILES string of the molecule is Cc1cc(C(=O)NC2CCOCC2)cc(-c2nc(C(=O)Nc3cnoc3)c(O)c(=O)n2C)c1. The highest BCUT2D eigenvalue weighted by molar-refractivity contribution is 6.04. The highest BCUT2D eigenvalue weighted by Gasteiger charge is 2.23. The van der Waals surface area contributed by atoms with Crippen molar-refractivity contribution in [1.82, 2.24) is 20.0 Å². The Morgan fingerprint density at radius 1 is 1.18 bits per heavy atom. The van der Waals surface area contributed by atoms with E-state index in [0.29, 0.717) is 24.3 Å². The van der Waals surface area contributed by atoms with Gasteiger partial charge >= 0.3 is 0 Å². The summed E-state index contributed by atoms with van der Waals surface area (Å²) < 4.78 is 11.1. The molecular weight excluding hydrogens is 430 g/mol. The average Bonchev–Trinajstić information content (AvgIpc) is 3.31. The number of ether oxygens (including phenoxy) is 1. The second-order valence-corrected chi connectivity index (χ2v) is 7.81. The summed E-state index contributed by atoms with van der Waals surface area (Å²) in [6, 6.07) is 5.10. The molecule has 0 aliphatic carbocycles. The summed E-state index contributed by atoms with van der Waals surface area (Å²) in [6.45, 7) is 3.01. The van der Waals surface area contributed by atoms with Gasteiger partial charge in [0.05, 0.1) is 6.20 Å². The first-order chi connectivity index (χ1) is 15.8. The van der Waals surface area contributed by atoms with Crippen LogP contribution in [0.1, 0.15) is 39.3 Å². The molecular formula is C22H23N5O6. The van der Waals surface area contributed by atoms with E-state index in [1.54, 1.807) is 18.2 Å². The number of carbonyl (C=O) groups is 2. The number of hydrogen-bond acceptors (Lipinski definition) is 8. The van der Waals surface area contributed by atoms with Gasteiger partial charge in [-0.25, -0.2) is 4.98 Å². The number of nitrogens with one attached hydrogen (secondary N) is 2. The standard InChI is InChI=1S/C22H23N5O6/c1-12-7-13(9-14(8-12)20(29)24-15-3-5-32-6-4-15)19-26-17(18(28)22(31)27(19)2)21(30)25-16-10-23-33-11-16/h7-11,15,28H,3-6H2,1-2H3,(H,24,29)(H,25,30). The number of carbonyl (C=O) groups excluding carboxylic acids is 2. The van der Waals surface area contributed by atoms with Crippen LogP contribution < -0.4 is 16.2 Å². The van der Waals surface area contributed by atoms with Gasteiger partial charge in [-0.3, -0.25) is 19.0 Å². The van der Waals surface area contributed by atoms with Gasteiger partial charge in [0.1, 0.15) is 17.8 Å². The van der Waals surface area contributed by atoms with Gasteiger partial charge in [0.25, 0.3) is 17.4 Å². The Labute approximate surface area is 188 Å². The summed E-state index contributed by atoms with van der Waals surface area (Å²) in [4.78, 5) is 42.3. The van der Waals surface area contributed by atoms with Crippen molar-refractivity contribution in [2.24, 2.45) is 7.05 Å². The third-order valence-corrected chi connectivity index (χ3v) is 5.33. The Bertz CT molecular complexity index is 1240. The van der Waals surface area contributed by atoms with E-state index in [1.807, 2.05) is 6.92 Å². The predicted molar refractivity (Wildman–Crippen MR) is 117 cm³/mol. The number of aromatic hydroxyl groups is 1. The Kier molecular flexibility index (Phi) is 6.22. The van der Waals surface area contributed by atoms with E-state index in [0.717, 1.165) is 23.0 Å². The zero-order valence-electron chi connectivity index (χ0n) is 18.1. The van der Waals surface area contributed by atoms with Crippen LogP contribution in [0.3, 0.4) is 0 Å². The molecule has 3 N–H and O–H groups in total. The van der Waals surface area contributed by atoms with E-state index in [1.165, 1.54) is 19.5 Å². The molecule has 11 heteroatoms. The van der Waals surface area contributed by atoms with Gasteiger partial charge in [0.15, 0.2) is 5.69 Å². The van der Waals surface area contributed by atoms with E-state index in [-0.39, 0.29) is 23.5 Å². The first kappa shape index (κ1) is 22.2. The molecule has 1 aromatic carbocycles. The average molecular weight is 453 g/mol. The van der Waals surface area contributed by atoms with Gasteiger partial charge in [-0.1, -0.05) is 5.16 Å². The maximum absolute atomic E-state index is 12.8. The molecule has 4 rings (SSSR count). The van der Waals surface area contributed by atoms with Crippen molar-refractivity contribution in [2.45, 2.75) is 25.8 Å². The lowest BCUT2D eigenvalue weighted by Crippen LogP contribution is -2.38. The number of amides is 2. The first-order valence-electron chi connectivity index (χ1n) is 10.3. The topological polar surface area (TPSA) is 149 Å². The Balaban J connectivity index is 1.69. The highest BCUT2D eigenvalue weighted by Crippen LogP contribution is 2.23. The fourth-order valence-corrected chi connectivity index (χ4v) is 3.62. The van der Waals surface area contributed by atoms with Crippen molar-refractivity contribution in [3.05, 3.63) is 57.8 Å². The minimum atomic E-state index is -0.806. The molecule has 1 aliphatic rings. The van der Waals surface area contributed by atoms with E-state index >= 15 is 0 Å². The Morgan fingerprint density at radius 3 is 2.64 bits per heavy atom. The number of rotatable bonds is 5. The van der Waals surface area contributed by atoms with E-state index in [4.69, 9.17) is 4.74 Å². The van der Waals surface area contributed by atoms with Gasteiger partial charge in [-0.15, -0.1) is 0 Å². The van der Waals surface area contributed by atoms with Crippen molar-refractivity contribution in [1.29, 1.82) is 0 Å². The fraction of sp³-hybridized carbons (Fsp3) is 0.318. The molecule has 1 fully saturated rings. The predicted octanol–water partition coefficient (Wildman–Crippen LogP) is 1.61. The Morgan fingerprint density at radius 2 is 1.94 bits per heavy atom. The number of hydrogen-bond donors (Lipinski definition) is 3. The molecule has 1 aliphatic heterocycles. The zero-order valence-corrected chi connectivity index (χ0v) is 18.1. The minimum absolute atomic E-state index is 0.0269. The summed E-state index contributed by atoms with van der Waals surface area (Å²) in [7, 11) is 1.43. The smallest absolute Gasteiger partial charge is 0.296 e. The minimum Gasteiger partial charge on any atom is -0.501 e. The summed E-state index contributed by atoms with van der Waals surface area (Å²) in [5.74, 6) is -1.72. The molecule has 11 nitrogen and oxygen atoms in total. The number of benzene rings is 1. The van der Waals surface area contributed by atoms with Gasteiger partial charge in [-0.05, 0) is 43.5 Å². The highest BCUT2D eigenvalue weighted by atomic mass is 16.5. The van der Waals surface area contributed by atoms with Gasteiger partial charge in [-0.2, -0.15) is 0 Å². The number of aromatic nitrogens is 3. The monoisotopic (exact) mass is 453 g/mol. The van der Waals surface area contributed by atoms with Crippen LogP contribution in [0.2, 0.25) is 0 Å². The molecule has 3 heterocycles. The van der Waals surface area contributed by atoms with Gasteiger partial charge in [0.2, 0.25) is 5.75 Å². The molecule has 0 spiro atoms. The molecule has 3 aromatic rings. The fourth-order valence-electron chi connectivity index (χ4n) is 3.62. The molecule has 0 atom stereocenters. The summed E-state index contributed by atoms with van der Waals surface area (Å²) in [5.41, 5.74) is 0.600. The van der Waals surface area contributed by atoms with E-state index in [2.05, 4.69) is 25.3 Å². The number of anilines is 1. The van der Waals surface area contributed by atoms with Crippen LogP contribution >= 0.6 is 0 Å². The molecule has 2 aromatic heterocycles. The lowest BCUT2D eigenvalue weighted by molar-refractivity contribution is 0.0696. The maximum Gasteiger partial charge on any atom is 0.296 e. The summed E-state index contributed by atoms with van der Waals surface area (Å²) in [6.07, 6.45) is 3.94. The van der Waals surface area contributed by atoms with E-state index < -0.39 is 22.9 Å². The molecule has 2 amide bonds. The molecule has 0 saturated carbocycles. The van der Waals surface area contributed by atoms with Crippen molar-refractivity contribution < 1.29 is 24.0 Å². The van der Waals surface area contributed by atoms with Crippen LogP contribution in [0.25, 0.3) is 11.4 Å². The molecule has 0 unspecified atom stereocenters. The summed E-state index contributed by atoms with van der Waals surface area (Å²) >= 11 is 0. The third-order valence-electron chi connectivity index (χ3n) is 5.33. The number of aryl methyl sites for hydroxylation is 1. The van der Waals surface area contributed by atoms with Crippen LogP contribution in [-0.2, 0) is 11.8 Å². The van der Waals surface area contributed by atoms with E-state index in [9.17, 15) is 19.5 Å². The largest absolute Gasteiger partial charge is 0.501 e. The summed E-state index contributed by atoms with van der Waals surface area (Å²) in [5, 5.41) is 19.2. The first-order valence-corrected chi connectivity index (χ1v) is 10.3.